The van der Waals surface area contributed by atoms with E-state index in [0.29, 0.717) is 32.6 Å². The van der Waals surface area contributed by atoms with Crippen LogP contribution in [0.3, 0.4) is 0 Å². The van der Waals surface area contributed by atoms with E-state index >= 15 is 0 Å². The maximum Gasteiger partial charge on any atom is 0.267 e. The number of pyridine rings is 1. The number of nitrogen functional groups attached to an aromatic ring is 1. The summed E-state index contributed by atoms with van der Waals surface area (Å²) in [4.78, 5) is 20.1. The highest BCUT2D eigenvalue weighted by Gasteiger charge is 2.22. The number of amides is 1. The van der Waals surface area contributed by atoms with Gasteiger partial charge < -0.3 is 20.5 Å². The average Bonchev–Trinajstić information content (AvgIpc) is 3.52. The zero-order valence-electron chi connectivity index (χ0n) is 18.5. The second-order valence-corrected chi connectivity index (χ2v) is 9.39. The first-order valence-corrected chi connectivity index (χ1v) is 12.1. The van der Waals surface area contributed by atoms with Crippen molar-refractivity contribution >= 4 is 50.2 Å². The number of methoxy groups -OCH3 is 2. The lowest BCUT2D eigenvalue weighted by Gasteiger charge is -2.12. The van der Waals surface area contributed by atoms with Gasteiger partial charge >= 0.3 is 0 Å². The minimum absolute atomic E-state index is 0.261. The van der Waals surface area contributed by atoms with Gasteiger partial charge in [0.05, 0.1) is 30.5 Å². The van der Waals surface area contributed by atoms with E-state index < -0.39 is 0 Å². The summed E-state index contributed by atoms with van der Waals surface area (Å²) in [6.45, 7) is 0. The second-order valence-electron chi connectivity index (χ2n) is 7.45. The van der Waals surface area contributed by atoms with Crippen molar-refractivity contribution < 1.29 is 14.3 Å². The van der Waals surface area contributed by atoms with Crippen molar-refractivity contribution in [3.05, 3.63) is 77.0 Å². The monoisotopic (exact) mass is 487 g/mol. The van der Waals surface area contributed by atoms with E-state index in [-0.39, 0.29) is 5.91 Å². The Balaban J connectivity index is 1.69. The summed E-state index contributed by atoms with van der Waals surface area (Å²) in [6.07, 6.45) is 0. The highest BCUT2D eigenvalue weighted by molar-refractivity contribution is 7.21. The summed E-state index contributed by atoms with van der Waals surface area (Å²) < 4.78 is 10.9. The number of fused-ring (bicyclic) bond motifs is 1. The smallest absolute Gasteiger partial charge is 0.267 e. The standard InChI is InChI=1S/C26H21N3O3S2/c1-31-19-11-10-15(13-20(19)32-2)17-14-18(21-9-6-12-33-21)29-26-22(17)23(27)24(34-26)25(30)28-16-7-4-3-5-8-16/h3-14H,27H2,1-2H3,(H,28,30). The number of carbonyl (C=O) groups is 1. The van der Waals surface area contributed by atoms with Crippen molar-refractivity contribution in [2.45, 2.75) is 0 Å². The molecule has 6 nitrogen and oxygen atoms in total. The third-order valence-corrected chi connectivity index (χ3v) is 7.40. The molecule has 0 aliphatic rings. The number of ether oxygens (including phenoxy) is 2. The van der Waals surface area contributed by atoms with Crippen LogP contribution in [-0.4, -0.2) is 25.1 Å². The van der Waals surface area contributed by atoms with E-state index in [2.05, 4.69) is 5.32 Å². The third kappa shape index (κ3) is 3.98. The highest BCUT2D eigenvalue weighted by atomic mass is 32.1. The fourth-order valence-electron chi connectivity index (χ4n) is 3.78. The molecule has 0 fully saturated rings. The van der Waals surface area contributed by atoms with Crippen LogP contribution in [0.5, 0.6) is 11.5 Å². The average molecular weight is 488 g/mol. The topological polar surface area (TPSA) is 86.5 Å². The number of para-hydroxylation sites is 1. The van der Waals surface area contributed by atoms with Crippen LogP contribution in [0.1, 0.15) is 9.67 Å². The number of nitrogens with zero attached hydrogens (tertiary/aromatic N) is 1. The SMILES string of the molecule is COc1ccc(-c2cc(-c3cccs3)nc3sc(C(=O)Nc4ccccc4)c(N)c23)cc1OC. The Hall–Kier alpha value is -3.88. The van der Waals surface area contributed by atoms with Crippen LogP contribution in [0, 0.1) is 0 Å². The normalized spacial score (nSPS) is 10.9. The van der Waals surface area contributed by atoms with E-state index in [1.54, 1.807) is 25.6 Å². The van der Waals surface area contributed by atoms with E-state index in [1.807, 2.05) is 72.1 Å². The van der Waals surface area contributed by atoms with Gasteiger partial charge in [0.25, 0.3) is 5.91 Å². The van der Waals surface area contributed by atoms with Gasteiger partial charge in [-0.25, -0.2) is 4.98 Å². The lowest BCUT2D eigenvalue weighted by molar-refractivity contribution is 0.103. The molecule has 0 saturated carbocycles. The lowest BCUT2D eigenvalue weighted by Crippen LogP contribution is -2.11. The fourth-order valence-corrected chi connectivity index (χ4v) is 5.48. The molecule has 0 atom stereocenters. The number of anilines is 2. The number of hydrogen-bond donors (Lipinski definition) is 2. The van der Waals surface area contributed by atoms with Gasteiger partial charge in [-0.15, -0.1) is 22.7 Å². The van der Waals surface area contributed by atoms with Crippen LogP contribution in [0.2, 0.25) is 0 Å². The number of rotatable bonds is 6. The summed E-state index contributed by atoms with van der Waals surface area (Å²) in [6, 6.07) is 21.1. The van der Waals surface area contributed by atoms with Crippen molar-refractivity contribution in [2.24, 2.45) is 0 Å². The summed E-state index contributed by atoms with van der Waals surface area (Å²) >= 11 is 2.90. The van der Waals surface area contributed by atoms with E-state index in [0.717, 1.165) is 27.1 Å². The Labute approximate surface area is 204 Å². The first-order valence-electron chi connectivity index (χ1n) is 10.4. The van der Waals surface area contributed by atoms with Gasteiger partial charge in [0, 0.05) is 11.1 Å². The molecule has 3 heterocycles. The predicted octanol–water partition coefficient (Wildman–Crippen LogP) is 6.54. The number of thiophene rings is 2. The first-order chi connectivity index (χ1) is 16.6. The molecule has 0 bridgehead atoms. The van der Waals surface area contributed by atoms with Crippen LogP contribution in [0.15, 0.2) is 72.1 Å². The Bertz CT molecular complexity index is 1480. The van der Waals surface area contributed by atoms with Gasteiger partial charge in [-0.1, -0.05) is 30.3 Å². The molecule has 170 valence electrons. The van der Waals surface area contributed by atoms with Crippen molar-refractivity contribution in [2.75, 3.05) is 25.3 Å². The van der Waals surface area contributed by atoms with Gasteiger partial charge in [-0.05, 0) is 52.9 Å². The number of benzene rings is 2. The van der Waals surface area contributed by atoms with Crippen molar-refractivity contribution in [1.29, 1.82) is 0 Å². The Kier molecular flexibility index (Phi) is 5.91. The number of nitrogens with two attached hydrogens (primary N) is 1. The van der Waals surface area contributed by atoms with Crippen molar-refractivity contribution in [3.63, 3.8) is 0 Å². The number of aromatic nitrogens is 1. The quantitative estimate of drug-likeness (QED) is 0.284. The van der Waals surface area contributed by atoms with Gasteiger partial charge in [-0.2, -0.15) is 0 Å². The lowest BCUT2D eigenvalue weighted by atomic mass is 10.0. The Morgan fingerprint density at radius 3 is 2.47 bits per heavy atom. The zero-order chi connectivity index (χ0) is 23.7. The molecule has 3 N–H and O–H groups in total. The molecule has 1 amide bonds. The molecule has 3 aromatic heterocycles. The summed E-state index contributed by atoms with van der Waals surface area (Å²) in [5.41, 5.74) is 10.3. The summed E-state index contributed by atoms with van der Waals surface area (Å²) in [5, 5.41) is 5.68. The van der Waals surface area contributed by atoms with Crippen LogP contribution in [0.4, 0.5) is 11.4 Å². The minimum Gasteiger partial charge on any atom is -0.493 e. The molecular weight excluding hydrogens is 466 g/mol. The van der Waals surface area contributed by atoms with Crippen LogP contribution in [0.25, 0.3) is 31.9 Å². The molecule has 0 aliphatic carbocycles. The maximum atomic E-state index is 13.1. The summed E-state index contributed by atoms with van der Waals surface area (Å²) in [7, 11) is 3.21. The molecule has 0 saturated heterocycles. The van der Waals surface area contributed by atoms with Gasteiger partial charge in [0.15, 0.2) is 11.5 Å². The Morgan fingerprint density at radius 1 is 0.971 bits per heavy atom. The number of carbonyl (C=O) groups excluding carboxylic acids is 1. The zero-order valence-corrected chi connectivity index (χ0v) is 20.1. The minimum atomic E-state index is -0.261. The molecule has 5 aromatic rings. The molecule has 5 rings (SSSR count). The molecule has 2 aromatic carbocycles. The molecule has 0 radical (unpaired) electrons. The van der Waals surface area contributed by atoms with Crippen LogP contribution < -0.4 is 20.5 Å². The molecule has 0 spiro atoms. The fraction of sp³-hybridized carbons (Fsp3) is 0.0769. The van der Waals surface area contributed by atoms with E-state index in [1.165, 1.54) is 11.3 Å². The molecule has 0 unspecified atom stereocenters. The maximum absolute atomic E-state index is 13.1. The molecule has 0 aliphatic heterocycles. The highest BCUT2D eigenvalue weighted by Crippen LogP contribution is 2.43. The van der Waals surface area contributed by atoms with Gasteiger partial charge in [0.2, 0.25) is 0 Å². The molecule has 8 heteroatoms. The van der Waals surface area contributed by atoms with Crippen LogP contribution >= 0.6 is 22.7 Å². The van der Waals surface area contributed by atoms with E-state index in [9.17, 15) is 4.79 Å². The molecular formula is C26H21N3O3S2. The number of hydrogen-bond acceptors (Lipinski definition) is 7. The van der Waals surface area contributed by atoms with E-state index in [4.69, 9.17) is 20.2 Å². The predicted molar refractivity (Wildman–Crippen MR) is 140 cm³/mol. The number of nitrogens with one attached hydrogen (secondary N) is 1. The first kappa shape index (κ1) is 21.9. The molecule has 34 heavy (non-hydrogen) atoms. The second kappa shape index (κ2) is 9.17. The van der Waals surface area contributed by atoms with Crippen LogP contribution in [-0.2, 0) is 0 Å². The third-order valence-electron chi connectivity index (χ3n) is 5.41. The van der Waals surface area contributed by atoms with Crippen molar-refractivity contribution in [1.82, 2.24) is 4.98 Å². The largest absolute Gasteiger partial charge is 0.493 e. The Morgan fingerprint density at radius 2 is 1.76 bits per heavy atom. The van der Waals surface area contributed by atoms with Crippen molar-refractivity contribution in [3.8, 4) is 33.2 Å². The van der Waals surface area contributed by atoms with Gasteiger partial charge in [-0.3, -0.25) is 4.79 Å². The van der Waals surface area contributed by atoms with Gasteiger partial charge in [0.1, 0.15) is 9.71 Å². The summed E-state index contributed by atoms with van der Waals surface area (Å²) in [5.74, 6) is 0.984.